The van der Waals surface area contributed by atoms with Gasteiger partial charge in [0.15, 0.2) is 0 Å². The van der Waals surface area contributed by atoms with E-state index in [2.05, 4.69) is 20.8 Å². The maximum atomic E-state index is 11.3. The predicted octanol–water partition coefficient (Wildman–Crippen LogP) is 1.24. The van der Waals surface area contributed by atoms with Gasteiger partial charge in [-0.1, -0.05) is 15.9 Å². The quantitative estimate of drug-likeness (QED) is 0.735. The molecule has 2 aliphatic heterocycles. The van der Waals surface area contributed by atoms with E-state index in [-0.39, 0.29) is 0 Å². The van der Waals surface area contributed by atoms with Crippen LogP contribution in [0.5, 0.6) is 0 Å². The third kappa shape index (κ3) is 3.28. The van der Waals surface area contributed by atoms with E-state index in [9.17, 15) is 4.21 Å². The van der Waals surface area contributed by atoms with Crippen LogP contribution in [0.15, 0.2) is 0 Å². The zero-order valence-corrected chi connectivity index (χ0v) is 12.0. The molecule has 2 saturated heterocycles. The zero-order chi connectivity index (χ0) is 11.4. The molecule has 0 aliphatic carbocycles. The average Bonchev–Trinajstić information content (AvgIpc) is 2.33. The van der Waals surface area contributed by atoms with E-state index in [1.165, 1.54) is 0 Å². The fraction of sp³-hybridized carbons (Fsp3) is 1.00. The average molecular weight is 310 g/mol. The van der Waals surface area contributed by atoms with E-state index in [1.807, 2.05) is 0 Å². The fourth-order valence-corrected chi connectivity index (χ4v) is 4.31. The maximum Gasteiger partial charge on any atom is 0.0472 e. The van der Waals surface area contributed by atoms with Gasteiger partial charge in [0, 0.05) is 60.5 Å². The van der Waals surface area contributed by atoms with Crippen molar-refractivity contribution in [2.75, 3.05) is 49.7 Å². The number of ether oxygens (including phenoxy) is 1. The Hall–Kier alpha value is 0.550. The van der Waals surface area contributed by atoms with E-state index in [1.54, 1.807) is 0 Å². The summed E-state index contributed by atoms with van der Waals surface area (Å²) in [6, 6.07) is 0. The molecule has 0 radical (unpaired) electrons. The Morgan fingerprint density at radius 1 is 1.25 bits per heavy atom. The van der Waals surface area contributed by atoms with Crippen LogP contribution in [0, 0.1) is 5.41 Å². The van der Waals surface area contributed by atoms with E-state index >= 15 is 0 Å². The molecule has 2 aliphatic rings. The summed E-state index contributed by atoms with van der Waals surface area (Å²) in [5.41, 5.74) is 0.386. The van der Waals surface area contributed by atoms with Gasteiger partial charge in [-0.05, 0) is 18.3 Å². The van der Waals surface area contributed by atoms with E-state index in [0.29, 0.717) is 5.41 Å². The Balaban J connectivity index is 1.88. The highest BCUT2D eigenvalue weighted by Crippen LogP contribution is 2.33. The van der Waals surface area contributed by atoms with Crippen LogP contribution in [-0.2, 0) is 15.5 Å². The summed E-state index contributed by atoms with van der Waals surface area (Å²) in [4.78, 5) is 2.48. The molecule has 5 heteroatoms. The Kier molecular flexibility index (Phi) is 4.82. The van der Waals surface area contributed by atoms with Crippen molar-refractivity contribution < 1.29 is 8.95 Å². The number of rotatable bonds is 3. The number of hydrogen-bond donors (Lipinski definition) is 0. The van der Waals surface area contributed by atoms with Gasteiger partial charge in [0.05, 0.1) is 0 Å². The van der Waals surface area contributed by atoms with Crippen LogP contribution in [0.2, 0.25) is 0 Å². The minimum Gasteiger partial charge on any atom is -0.381 e. The molecule has 16 heavy (non-hydrogen) atoms. The van der Waals surface area contributed by atoms with Crippen LogP contribution >= 0.6 is 15.9 Å². The Bertz CT molecular complexity index is 246. The maximum absolute atomic E-state index is 11.3. The number of halogens is 1. The second kappa shape index (κ2) is 5.94. The molecular formula is C11H20BrNO2S. The smallest absolute Gasteiger partial charge is 0.0472 e. The minimum atomic E-state index is -0.561. The van der Waals surface area contributed by atoms with Crippen LogP contribution in [0.4, 0.5) is 0 Å². The molecule has 0 N–H and O–H groups in total. The second-order valence-corrected chi connectivity index (χ2v) is 7.13. The third-order valence-corrected chi connectivity index (χ3v) is 6.13. The van der Waals surface area contributed by atoms with Crippen molar-refractivity contribution in [1.29, 1.82) is 0 Å². The summed E-state index contributed by atoms with van der Waals surface area (Å²) >= 11 is 3.66. The van der Waals surface area contributed by atoms with E-state index in [4.69, 9.17) is 4.74 Å². The summed E-state index contributed by atoms with van der Waals surface area (Å²) in [6.45, 7) is 4.93. The topological polar surface area (TPSA) is 29.5 Å². The minimum absolute atomic E-state index is 0.386. The van der Waals surface area contributed by atoms with Gasteiger partial charge in [0.2, 0.25) is 0 Å². The summed E-state index contributed by atoms with van der Waals surface area (Å²) < 4.78 is 16.8. The Morgan fingerprint density at radius 2 is 1.88 bits per heavy atom. The summed E-state index contributed by atoms with van der Waals surface area (Å²) in [6.07, 6.45) is 2.30. The molecule has 0 saturated carbocycles. The van der Waals surface area contributed by atoms with Crippen molar-refractivity contribution >= 4 is 26.7 Å². The molecule has 0 aromatic carbocycles. The standard InChI is InChI=1S/C11H20BrNO2S/c12-9-11(1-5-15-6-2-11)10-13-3-7-16(14)8-4-13/h1-10H2. The van der Waals surface area contributed by atoms with Crippen molar-refractivity contribution in [3.05, 3.63) is 0 Å². The summed E-state index contributed by atoms with van der Waals surface area (Å²) in [5.74, 6) is 1.71. The first-order chi connectivity index (χ1) is 7.74. The lowest BCUT2D eigenvalue weighted by Crippen LogP contribution is -2.47. The molecule has 0 atom stereocenters. The molecule has 3 nitrogen and oxygen atoms in total. The third-order valence-electron chi connectivity index (χ3n) is 3.67. The van der Waals surface area contributed by atoms with Crippen LogP contribution < -0.4 is 0 Å². The molecule has 0 aromatic rings. The monoisotopic (exact) mass is 309 g/mol. The van der Waals surface area contributed by atoms with Crippen molar-refractivity contribution in [3.8, 4) is 0 Å². The highest BCUT2D eigenvalue weighted by Gasteiger charge is 2.34. The lowest BCUT2D eigenvalue weighted by Gasteiger charge is -2.40. The second-order valence-electron chi connectivity index (χ2n) is 4.87. The van der Waals surface area contributed by atoms with Gasteiger partial charge >= 0.3 is 0 Å². The highest BCUT2D eigenvalue weighted by molar-refractivity contribution is 9.09. The molecule has 0 unspecified atom stereocenters. The van der Waals surface area contributed by atoms with Gasteiger partial charge in [-0.2, -0.15) is 0 Å². The van der Waals surface area contributed by atoms with Crippen LogP contribution in [0.25, 0.3) is 0 Å². The first-order valence-corrected chi connectivity index (χ1v) is 8.56. The van der Waals surface area contributed by atoms with Crippen molar-refractivity contribution in [3.63, 3.8) is 0 Å². The van der Waals surface area contributed by atoms with Crippen LogP contribution in [-0.4, -0.2) is 58.8 Å². The van der Waals surface area contributed by atoms with Gasteiger partial charge in [-0.25, -0.2) is 0 Å². The van der Waals surface area contributed by atoms with Gasteiger partial charge in [-0.15, -0.1) is 0 Å². The SMILES string of the molecule is O=S1CCN(CC2(CBr)CCOCC2)CC1. The molecular weight excluding hydrogens is 290 g/mol. The number of alkyl halides is 1. The Morgan fingerprint density at radius 3 is 2.44 bits per heavy atom. The van der Waals surface area contributed by atoms with Gasteiger partial charge < -0.3 is 9.64 Å². The zero-order valence-electron chi connectivity index (χ0n) is 9.62. The van der Waals surface area contributed by atoms with Gasteiger partial charge in [0.1, 0.15) is 0 Å². The molecule has 2 fully saturated rings. The van der Waals surface area contributed by atoms with E-state index < -0.39 is 10.8 Å². The lowest BCUT2D eigenvalue weighted by atomic mass is 9.82. The first kappa shape index (κ1) is 13.0. The van der Waals surface area contributed by atoms with Crippen molar-refractivity contribution in [2.45, 2.75) is 12.8 Å². The summed E-state index contributed by atoms with van der Waals surface area (Å²) in [7, 11) is -0.561. The van der Waals surface area contributed by atoms with Crippen LogP contribution in [0.3, 0.4) is 0 Å². The molecule has 0 spiro atoms. The molecule has 0 amide bonds. The van der Waals surface area contributed by atoms with Crippen molar-refractivity contribution in [2.24, 2.45) is 5.41 Å². The first-order valence-electron chi connectivity index (χ1n) is 5.95. The molecule has 2 rings (SSSR count). The van der Waals surface area contributed by atoms with Crippen molar-refractivity contribution in [1.82, 2.24) is 4.90 Å². The van der Waals surface area contributed by atoms with Gasteiger partial charge in [-0.3, -0.25) is 4.21 Å². The lowest BCUT2D eigenvalue weighted by molar-refractivity contribution is 0.00954. The Labute approximate surface area is 108 Å². The predicted molar refractivity (Wildman–Crippen MR) is 70.6 cm³/mol. The van der Waals surface area contributed by atoms with E-state index in [0.717, 1.165) is 62.5 Å². The number of nitrogens with zero attached hydrogens (tertiary/aromatic N) is 1. The largest absolute Gasteiger partial charge is 0.381 e. The van der Waals surface area contributed by atoms with Gasteiger partial charge in [0.25, 0.3) is 0 Å². The molecule has 94 valence electrons. The van der Waals surface area contributed by atoms with Crippen LogP contribution in [0.1, 0.15) is 12.8 Å². The molecule has 2 heterocycles. The molecule has 0 bridgehead atoms. The highest BCUT2D eigenvalue weighted by atomic mass is 79.9. The fourth-order valence-electron chi connectivity index (χ4n) is 2.45. The summed E-state index contributed by atoms with van der Waals surface area (Å²) in [5, 5.41) is 1.06. The number of hydrogen-bond acceptors (Lipinski definition) is 3. The normalized spacial score (nSPS) is 28.1. The molecule has 0 aromatic heterocycles.